The van der Waals surface area contributed by atoms with Gasteiger partial charge in [0.05, 0.1) is 24.7 Å². The maximum Gasteiger partial charge on any atom is 0.224 e. The van der Waals surface area contributed by atoms with E-state index >= 15 is 0 Å². The molecule has 5 heteroatoms. The number of benzene rings is 2. The van der Waals surface area contributed by atoms with Crippen LogP contribution in [0.5, 0.6) is 0 Å². The summed E-state index contributed by atoms with van der Waals surface area (Å²) in [5.74, 6) is 0.130. The van der Waals surface area contributed by atoms with E-state index < -0.39 is 11.6 Å². The van der Waals surface area contributed by atoms with Crippen molar-refractivity contribution in [1.29, 1.82) is 0 Å². The van der Waals surface area contributed by atoms with Crippen molar-refractivity contribution in [3.63, 3.8) is 0 Å². The third-order valence-corrected chi connectivity index (χ3v) is 5.61. The number of carbonyl (C=O) groups excluding carboxylic acids is 1. The van der Waals surface area contributed by atoms with Crippen LogP contribution in [0.15, 0.2) is 46.9 Å². The third kappa shape index (κ3) is 5.90. The molecular formula is C23H30BrNO3. The molecule has 0 unspecified atom stereocenters. The van der Waals surface area contributed by atoms with Crippen LogP contribution < -0.4 is 5.32 Å². The number of rotatable bonds is 8. The van der Waals surface area contributed by atoms with Crippen LogP contribution >= 0.6 is 15.9 Å². The van der Waals surface area contributed by atoms with Crippen molar-refractivity contribution in [2.24, 2.45) is 0 Å². The van der Waals surface area contributed by atoms with Gasteiger partial charge in [0, 0.05) is 4.47 Å². The number of hydrogen-bond acceptors (Lipinski definition) is 3. The van der Waals surface area contributed by atoms with Crippen LogP contribution in [-0.2, 0) is 23.2 Å². The molecule has 0 saturated carbocycles. The van der Waals surface area contributed by atoms with E-state index in [1.54, 1.807) is 13.8 Å². The molecule has 4 nitrogen and oxygen atoms in total. The lowest BCUT2D eigenvalue weighted by molar-refractivity contribution is -0.121. The Balaban J connectivity index is 2.22. The predicted octanol–water partition coefficient (Wildman–Crippen LogP) is 4.06. The summed E-state index contributed by atoms with van der Waals surface area (Å²) in [7, 11) is 0. The van der Waals surface area contributed by atoms with Crippen LogP contribution in [0.2, 0.25) is 0 Å². The van der Waals surface area contributed by atoms with Crippen molar-refractivity contribution >= 4 is 21.8 Å². The molecule has 0 bridgehead atoms. The fourth-order valence-corrected chi connectivity index (χ4v) is 3.87. The predicted molar refractivity (Wildman–Crippen MR) is 116 cm³/mol. The number of halogens is 1. The van der Waals surface area contributed by atoms with Crippen molar-refractivity contribution in [3.8, 4) is 0 Å². The zero-order chi connectivity index (χ0) is 20.9. The van der Waals surface area contributed by atoms with Crippen LogP contribution in [0.3, 0.4) is 0 Å². The van der Waals surface area contributed by atoms with Crippen LogP contribution in [0.1, 0.15) is 55.9 Å². The minimum atomic E-state index is -1.00. The molecule has 0 aromatic heterocycles. The first kappa shape index (κ1) is 22.6. The second-order valence-corrected chi connectivity index (χ2v) is 8.86. The van der Waals surface area contributed by atoms with Crippen molar-refractivity contribution in [1.82, 2.24) is 5.32 Å². The standard InChI is InChI=1S/C23H30BrNO3/c1-15(2)18-9-7-10-20(23(3,4)28)19(18)13-17(14-26)25-22(27)12-16-8-5-6-11-21(16)24/h5-11,15,17,26,28H,12-14H2,1-4H3,(H,25,27)/t17-/m1/s1. The third-order valence-electron chi connectivity index (χ3n) is 4.84. The van der Waals surface area contributed by atoms with Crippen LogP contribution in [0.4, 0.5) is 0 Å². The highest BCUT2D eigenvalue weighted by Crippen LogP contribution is 2.31. The van der Waals surface area contributed by atoms with Gasteiger partial charge < -0.3 is 15.5 Å². The van der Waals surface area contributed by atoms with Gasteiger partial charge in [-0.25, -0.2) is 0 Å². The van der Waals surface area contributed by atoms with Crippen molar-refractivity contribution in [2.75, 3.05) is 6.61 Å². The summed E-state index contributed by atoms with van der Waals surface area (Å²) in [6, 6.07) is 13.1. The van der Waals surface area contributed by atoms with E-state index in [-0.39, 0.29) is 24.9 Å². The van der Waals surface area contributed by atoms with E-state index in [2.05, 4.69) is 35.1 Å². The maximum atomic E-state index is 12.5. The van der Waals surface area contributed by atoms with E-state index in [0.717, 1.165) is 26.7 Å². The topological polar surface area (TPSA) is 69.6 Å². The zero-order valence-corrected chi connectivity index (χ0v) is 18.6. The Bertz CT molecular complexity index is 812. The minimum absolute atomic E-state index is 0.141. The number of nitrogens with one attached hydrogen (secondary N) is 1. The molecule has 0 heterocycles. The van der Waals surface area contributed by atoms with Crippen LogP contribution in [-0.4, -0.2) is 28.8 Å². The lowest BCUT2D eigenvalue weighted by atomic mass is 9.84. The van der Waals surface area contributed by atoms with E-state index in [1.165, 1.54) is 0 Å². The lowest BCUT2D eigenvalue weighted by Gasteiger charge is -2.27. The van der Waals surface area contributed by atoms with Gasteiger partial charge in [-0.2, -0.15) is 0 Å². The quantitative estimate of drug-likeness (QED) is 0.571. The average Bonchev–Trinajstić information content (AvgIpc) is 2.62. The minimum Gasteiger partial charge on any atom is -0.394 e. The number of amides is 1. The molecule has 2 aromatic carbocycles. The Hall–Kier alpha value is -1.69. The molecule has 3 N–H and O–H groups in total. The maximum absolute atomic E-state index is 12.5. The van der Waals surface area contributed by atoms with E-state index in [9.17, 15) is 15.0 Å². The fourth-order valence-electron chi connectivity index (χ4n) is 3.45. The molecule has 2 rings (SSSR count). The molecular weight excluding hydrogens is 418 g/mol. The Kier molecular flexibility index (Phi) is 7.81. The smallest absolute Gasteiger partial charge is 0.224 e. The summed E-state index contributed by atoms with van der Waals surface area (Å²) in [6.45, 7) is 7.56. The average molecular weight is 448 g/mol. The molecule has 1 amide bonds. The van der Waals surface area contributed by atoms with Crippen LogP contribution in [0, 0.1) is 0 Å². The van der Waals surface area contributed by atoms with Crippen molar-refractivity contribution in [2.45, 2.75) is 58.1 Å². The van der Waals surface area contributed by atoms with Gasteiger partial charge in [-0.05, 0) is 54.5 Å². The first-order valence-electron chi connectivity index (χ1n) is 9.61. The van der Waals surface area contributed by atoms with Gasteiger partial charge in [-0.3, -0.25) is 4.79 Å². The number of carbonyl (C=O) groups is 1. The molecule has 28 heavy (non-hydrogen) atoms. The first-order valence-corrected chi connectivity index (χ1v) is 10.4. The Morgan fingerprint density at radius 3 is 2.39 bits per heavy atom. The summed E-state index contributed by atoms with van der Waals surface area (Å²) in [5, 5.41) is 23.5. The van der Waals surface area contributed by atoms with Crippen molar-refractivity contribution < 1.29 is 15.0 Å². The highest BCUT2D eigenvalue weighted by Gasteiger charge is 2.25. The van der Waals surface area contributed by atoms with Gasteiger partial charge in [0.1, 0.15) is 0 Å². The van der Waals surface area contributed by atoms with E-state index in [1.807, 2.05) is 42.5 Å². The zero-order valence-electron chi connectivity index (χ0n) is 17.0. The molecule has 0 aliphatic rings. The van der Waals surface area contributed by atoms with Gasteiger partial charge in [0.2, 0.25) is 5.91 Å². The normalized spacial score (nSPS) is 12.9. The molecule has 0 aliphatic carbocycles. The Morgan fingerprint density at radius 1 is 1.14 bits per heavy atom. The highest BCUT2D eigenvalue weighted by atomic mass is 79.9. The largest absolute Gasteiger partial charge is 0.394 e. The fraction of sp³-hybridized carbons (Fsp3) is 0.435. The molecule has 152 valence electrons. The van der Waals surface area contributed by atoms with Gasteiger partial charge in [0.15, 0.2) is 0 Å². The molecule has 0 radical (unpaired) electrons. The highest BCUT2D eigenvalue weighted by molar-refractivity contribution is 9.10. The van der Waals surface area contributed by atoms with Gasteiger partial charge >= 0.3 is 0 Å². The van der Waals surface area contributed by atoms with E-state index in [0.29, 0.717) is 6.42 Å². The second-order valence-electron chi connectivity index (χ2n) is 8.01. The summed E-state index contributed by atoms with van der Waals surface area (Å²) in [5.41, 5.74) is 2.84. The van der Waals surface area contributed by atoms with Crippen molar-refractivity contribution in [3.05, 3.63) is 69.2 Å². The second kappa shape index (κ2) is 9.68. The van der Waals surface area contributed by atoms with Gasteiger partial charge in [-0.15, -0.1) is 0 Å². The van der Waals surface area contributed by atoms with Crippen LogP contribution in [0.25, 0.3) is 0 Å². The molecule has 2 aromatic rings. The Morgan fingerprint density at radius 2 is 1.82 bits per heavy atom. The van der Waals surface area contributed by atoms with Gasteiger partial charge in [0.25, 0.3) is 0 Å². The number of hydrogen-bond donors (Lipinski definition) is 3. The summed E-state index contributed by atoms with van der Waals surface area (Å²) in [4.78, 5) is 12.5. The number of aliphatic hydroxyl groups is 2. The SMILES string of the molecule is CC(C)c1cccc(C(C)(C)O)c1C[C@H](CO)NC(=O)Cc1ccccc1Br. The molecule has 0 aliphatic heterocycles. The molecule has 1 atom stereocenters. The summed E-state index contributed by atoms with van der Waals surface area (Å²) in [6.07, 6.45) is 0.702. The first-order chi connectivity index (χ1) is 13.1. The summed E-state index contributed by atoms with van der Waals surface area (Å²) >= 11 is 3.46. The monoisotopic (exact) mass is 447 g/mol. The van der Waals surface area contributed by atoms with E-state index in [4.69, 9.17) is 0 Å². The Labute approximate surface area is 176 Å². The number of aliphatic hydroxyl groups excluding tert-OH is 1. The van der Waals surface area contributed by atoms with Gasteiger partial charge in [-0.1, -0.05) is 66.2 Å². The molecule has 0 fully saturated rings. The molecule has 0 saturated heterocycles. The lowest BCUT2D eigenvalue weighted by Crippen LogP contribution is -2.40. The summed E-state index contributed by atoms with van der Waals surface area (Å²) < 4.78 is 0.889. The molecule has 0 spiro atoms.